The van der Waals surface area contributed by atoms with Gasteiger partial charge in [-0.05, 0) is 31.6 Å². The van der Waals surface area contributed by atoms with E-state index >= 15 is 0 Å². The first-order chi connectivity index (χ1) is 5.20. The van der Waals surface area contributed by atoms with E-state index in [-0.39, 0.29) is 0 Å². The molecule has 1 aromatic heterocycles. The highest BCUT2D eigenvalue weighted by Crippen LogP contribution is 2.11. The van der Waals surface area contributed by atoms with Crippen LogP contribution in [0.25, 0.3) is 6.08 Å². The molecule has 0 aliphatic carbocycles. The molecule has 0 bridgehead atoms. The zero-order valence-corrected chi connectivity index (χ0v) is 6.92. The van der Waals surface area contributed by atoms with Crippen LogP contribution in [0.15, 0.2) is 35.0 Å². The van der Waals surface area contributed by atoms with E-state index in [9.17, 15) is 0 Å². The molecule has 0 spiro atoms. The van der Waals surface area contributed by atoms with Crippen LogP contribution in [0.4, 0.5) is 0 Å². The summed E-state index contributed by atoms with van der Waals surface area (Å²) < 4.78 is 5.19. The van der Waals surface area contributed by atoms with E-state index in [1.54, 1.807) is 6.26 Å². The third-order valence-corrected chi connectivity index (χ3v) is 1.42. The highest BCUT2D eigenvalue weighted by Gasteiger charge is 1.94. The average molecular weight is 148 g/mol. The van der Waals surface area contributed by atoms with Gasteiger partial charge in [-0.2, -0.15) is 0 Å². The zero-order chi connectivity index (χ0) is 8.27. The minimum atomic E-state index is 0.910. The second kappa shape index (κ2) is 3.24. The molecule has 1 aromatic rings. The van der Waals surface area contributed by atoms with E-state index in [1.165, 1.54) is 0 Å². The summed E-state index contributed by atoms with van der Waals surface area (Å²) in [4.78, 5) is 0. The van der Waals surface area contributed by atoms with E-state index in [0.29, 0.717) is 0 Å². The normalized spacial score (nSPS) is 10.7. The van der Waals surface area contributed by atoms with Gasteiger partial charge in [-0.1, -0.05) is 18.2 Å². The molecule has 0 aliphatic rings. The Morgan fingerprint density at radius 2 is 2.36 bits per heavy atom. The van der Waals surface area contributed by atoms with E-state index in [0.717, 1.165) is 16.9 Å². The van der Waals surface area contributed by atoms with Crippen molar-refractivity contribution in [2.24, 2.45) is 0 Å². The standard InChI is InChI=1S/C10H12O/c1-8(2)4-5-10-9(3)6-7-11-10/h4-7H,1H2,2-3H3/b5-4-. The van der Waals surface area contributed by atoms with E-state index in [2.05, 4.69) is 6.58 Å². The Morgan fingerprint density at radius 3 is 2.82 bits per heavy atom. The van der Waals surface area contributed by atoms with Gasteiger partial charge in [0.05, 0.1) is 6.26 Å². The summed E-state index contributed by atoms with van der Waals surface area (Å²) in [5.41, 5.74) is 2.18. The Bertz CT molecular complexity index is 279. The van der Waals surface area contributed by atoms with Crippen molar-refractivity contribution in [2.45, 2.75) is 13.8 Å². The maximum absolute atomic E-state index is 5.19. The molecule has 0 N–H and O–H groups in total. The Kier molecular flexibility index (Phi) is 2.32. The minimum absolute atomic E-state index is 0.910. The van der Waals surface area contributed by atoms with Crippen LogP contribution in [-0.4, -0.2) is 0 Å². The van der Waals surface area contributed by atoms with Gasteiger partial charge in [0.1, 0.15) is 5.76 Å². The summed E-state index contributed by atoms with van der Waals surface area (Å²) in [7, 11) is 0. The van der Waals surface area contributed by atoms with Crippen molar-refractivity contribution in [1.29, 1.82) is 0 Å². The molecule has 0 fully saturated rings. The van der Waals surface area contributed by atoms with Crippen molar-refractivity contribution in [3.8, 4) is 0 Å². The van der Waals surface area contributed by atoms with Crippen molar-refractivity contribution in [3.05, 3.63) is 41.9 Å². The summed E-state index contributed by atoms with van der Waals surface area (Å²) in [5, 5.41) is 0. The fourth-order valence-corrected chi connectivity index (χ4v) is 0.773. The van der Waals surface area contributed by atoms with Crippen molar-refractivity contribution in [3.63, 3.8) is 0 Å². The van der Waals surface area contributed by atoms with Crippen LogP contribution in [-0.2, 0) is 0 Å². The molecule has 0 saturated carbocycles. The van der Waals surface area contributed by atoms with Gasteiger partial charge in [0, 0.05) is 0 Å². The van der Waals surface area contributed by atoms with Crippen LogP contribution in [0.5, 0.6) is 0 Å². The van der Waals surface area contributed by atoms with Gasteiger partial charge in [-0.3, -0.25) is 0 Å². The number of rotatable bonds is 2. The van der Waals surface area contributed by atoms with Gasteiger partial charge >= 0.3 is 0 Å². The summed E-state index contributed by atoms with van der Waals surface area (Å²) in [6.07, 6.45) is 5.55. The van der Waals surface area contributed by atoms with Crippen LogP contribution >= 0.6 is 0 Å². The topological polar surface area (TPSA) is 13.1 Å². The average Bonchev–Trinajstić information content (AvgIpc) is 2.31. The van der Waals surface area contributed by atoms with Crippen molar-refractivity contribution in [1.82, 2.24) is 0 Å². The van der Waals surface area contributed by atoms with E-state index in [1.807, 2.05) is 32.1 Å². The molecule has 1 rings (SSSR count). The molecule has 1 heterocycles. The minimum Gasteiger partial charge on any atom is -0.465 e. The Morgan fingerprint density at radius 1 is 1.64 bits per heavy atom. The third-order valence-electron chi connectivity index (χ3n) is 1.42. The first-order valence-electron chi connectivity index (χ1n) is 3.58. The molecular weight excluding hydrogens is 136 g/mol. The second-order valence-electron chi connectivity index (χ2n) is 2.65. The summed E-state index contributed by atoms with van der Waals surface area (Å²) in [5.74, 6) is 0.910. The second-order valence-corrected chi connectivity index (χ2v) is 2.65. The fourth-order valence-electron chi connectivity index (χ4n) is 0.773. The Balaban J connectivity index is 2.79. The molecule has 0 atom stereocenters. The number of hydrogen-bond donors (Lipinski definition) is 0. The highest BCUT2D eigenvalue weighted by atomic mass is 16.3. The SMILES string of the molecule is C=C(C)/C=C\c1occc1C. The van der Waals surface area contributed by atoms with Gasteiger partial charge < -0.3 is 4.42 Å². The first-order valence-corrected chi connectivity index (χ1v) is 3.58. The largest absolute Gasteiger partial charge is 0.465 e. The molecule has 1 heteroatoms. The van der Waals surface area contributed by atoms with E-state index < -0.39 is 0 Å². The van der Waals surface area contributed by atoms with Crippen molar-refractivity contribution >= 4 is 6.08 Å². The summed E-state index contributed by atoms with van der Waals surface area (Å²) in [6.45, 7) is 7.72. The summed E-state index contributed by atoms with van der Waals surface area (Å²) in [6, 6.07) is 1.94. The molecule has 0 saturated heterocycles. The third kappa shape index (κ3) is 2.11. The molecular formula is C10H12O. The number of hydrogen-bond acceptors (Lipinski definition) is 1. The van der Waals surface area contributed by atoms with Crippen LogP contribution in [0.2, 0.25) is 0 Å². The van der Waals surface area contributed by atoms with Gasteiger partial charge in [0.25, 0.3) is 0 Å². The summed E-state index contributed by atoms with van der Waals surface area (Å²) >= 11 is 0. The first kappa shape index (κ1) is 7.86. The quantitative estimate of drug-likeness (QED) is 0.587. The van der Waals surface area contributed by atoms with E-state index in [4.69, 9.17) is 4.42 Å². The maximum atomic E-state index is 5.19. The van der Waals surface area contributed by atoms with Crippen LogP contribution in [0, 0.1) is 6.92 Å². The molecule has 0 aliphatic heterocycles. The lowest BCUT2D eigenvalue weighted by atomic mass is 10.2. The number of furan rings is 1. The Hall–Kier alpha value is -1.24. The Labute approximate surface area is 67.0 Å². The van der Waals surface area contributed by atoms with Gasteiger partial charge in [-0.15, -0.1) is 0 Å². The van der Waals surface area contributed by atoms with Crippen LogP contribution in [0.3, 0.4) is 0 Å². The van der Waals surface area contributed by atoms with Crippen molar-refractivity contribution < 1.29 is 4.42 Å². The highest BCUT2D eigenvalue weighted by molar-refractivity contribution is 5.50. The number of aryl methyl sites for hydroxylation is 1. The molecule has 0 aromatic carbocycles. The number of allylic oxidation sites excluding steroid dienone is 2. The molecule has 0 amide bonds. The van der Waals surface area contributed by atoms with Crippen LogP contribution in [0.1, 0.15) is 18.2 Å². The molecule has 0 radical (unpaired) electrons. The lowest BCUT2D eigenvalue weighted by Gasteiger charge is -1.87. The molecule has 0 unspecified atom stereocenters. The van der Waals surface area contributed by atoms with Crippen LogP contribution < -0.4 is 0 Å². The smallest absolute Gasteiger partial charge is 0.129 e. The lowest BCUT2D eigenvalue weighted by molar-refractivity contribution is 0.555. The monoisotopic (exact) mass is 148 g/mol. The maximum Gasteiger partial charge on any atom is 0.129 e. The molecule has 1 nitrogen and oxygen atoms in total. The van der Waals surface area contributed by atoms with Gasteiger partial charge in [0.2, 0.25) is 0 Å². The molecule has 58 valence electrons. The van der Waals surface area contributed by atoms with Crippen molar-refractivity contribution in [2.75, 3.05) is 0 Å². The lowest BCUT2D eigenvalue weighted by Crippen LogP contribution is -1.69. The zero-order valence-electron chi connectivity index (χ0n) is 6.92. The fraction of sp³-hybridized carbons (Fsp3) is 0.200. The van der Waals surface area contributed by atoms with Gasteiger partial charge in [-0.25, -0.2) is 0 Å². The van der Waals surface area contributed by atoms with Gasteiger partial charge in [0.15, 0.2) is 0 Å². The predicted octanol–water partition coefficient (Wildman–Crippen LogP) is 3.18. The predicted molar refractivity (Wildman–Crippen MR) is 47.3 cm³/mol. The molecule has 11 heavy (non-hydrogen) atoms.